The standard InChI is InChI=1S/C21H26N4O2S/c1-3-5-13-28-21-23-20-22-15-10-8-11-16(26)18(15)19(25(20)24-21)14-9-6-7-12-17(14)27-4-2/h6-7,9,12,19H,3-5,8,10-11,13H2,1-2H3,(H,22,23,24)/t19-/m0/s1. The van der Waals surface area contributed by atoms with Crippen LogP contribution in [0.4, 0.5) is 5.95 Å². The van der Waals surface area contributed by atoms with E-state index in [1.54, 1.807) is 11.8 Å². The first-order chi connectivity index (χ1) is 13.7. The fourth-order valence-electron chi connectivity index (χ4n) is 3.79. The summed E-state index contributed by atoms with van der Waals surface area (Å²) in [7, 11) is 0. The van der Waals surface area contributed by atoms with Crippen molar-refractivity contribution in [2.75, 3.05) is 17.7 Å². The first kappa shape index (κ1) is 19.1. The van der Waals surface area contributed by atoms with E-state index in [2.05, 4.69) is 12.2 Å². The topological polar surface area (TPSA) is 69.0 Å². The Kier molecular flexibility index (Phi) is 5.71. The lowest BCUT2D eigenvalue weighted by Gasteiger charge is -2.32. The highest BCUT2D eigenvalue weighted by Gasteiger charge is 2.38. The predicted octanol–water partition coefficient (Wildman–Crippen LogP) is 4.59. The van der Waals surface area contributed by atoms with Crippen LogP contribution in [0.1, 0.15) is 57.6 Å². The third-order valence-corrected chi connectivity index (χ3v) is 6.02. The van der Waals surface area contributed by atoms with Crippen molar-refractivity contribution in [3.8, 4) is 5.75 Å². The summed E-state index contributed by atoms with van der Waals surface area (Å²) in [6.07, 6.45) is 4.59. The van der Waals surface area contributed by atoms with Crippen molar-refractivity contribution in [2.24, 2.45) is 0 Å². The molecule has 148 valence electrons. The second-order valence-corrected chi connectivity index (χ2v) is 8.09. The molecule has 0 saturated heterocycles. The second-order valence-electron chi connectivity index (χ2n) is 7.03. The van der Waals surface area contributed by atoms with Crippen molar-refractivity contribution < 1.29 is 9.53 Å². The maximum Gasteiger partial charge on any atom is 0.227 e. The summed E-state index contributed by atoms with van der Waals surface area (Å²) >= 11 is 1.67. The zero-order chi connectivity index (χ0) is 19.5. The number of hydrogen-bond donors (Lipinski definition) is 1. The molecule has 1 aromatic carbocycles. The summed E-state index contributed by atoms with van der Waals surface area (Å²) in [6, 6.07) is 7.64. The molecule has 2 heterocycles. The first-order valence-corrected chi connectivity index (χ1v) is 11.1. The number of benzene rings is 1. The summed E-state index contributed by atoms with van der Waals surface area (Å²) in [4.78, 5) is 17.6. The summed E-state index contributed by atoms with van der Waals surface area (Å²) in [6.45, 7) is 4.72. The van der Waals surface area contributed by atoms with E-state index in [0.29, 0.717) is 19.0 Å². The van der Waals surface area contributed by atoms with Crippen LogP contribution in [-0.2, 0) is 4.79 Å². The summed E-state index contributed by atoms with van der Waals surface area (Å²) < 4.78 is 7.75. The average molecular weight is 399 g/mol. The van der Waals surface area contributed by atoms with Crippen LogP contribution in [-0.4, -0.2) is 32.9 Å². The van der Waals surface area contributed by atoms with Crippen molar-refractivity contribution in [3.63, 3.8) is 0 Å². The van der Waals surface area contributed by atoms with Crippen molar-refractivity contribution in [2.45, 2.75) is 57.1 Å². The molecule has 0 fully saturated rings. The van der Waals surface area contributed by atoms with Crippen molar-refractivity contribution in [3.05, 3.63) is 41.1 Å². The highest BCUT2D eigenvalue weighted by Crippen LogP contribution is 2.43. The van der Waals surface area contributed by atoms with E-state index in [0.717, 1.165) is 59.2 Å². The molecule has 0 amide bonds. The van der Waals surface area contributed by atoms with Gasteiger partial charge in [0, 0.05) is 29.0 Å². The number of ether oxygens (including phenoxy) is 1. The molecule has 0 bridgehead atoms. The van der Waals surface area contributed by atoms with Gasteiger partial charge >= 0.3 is 0 Å². The maximum absolute atomic E-state index is 12.9. The van der Waals surface area contributed by atoms with Crippen LogP contribution in [0.15, 0.2) is 40.7 Å². The average Bonchev–Trinajstić information content (AvgIpc) is 3.10. The number of ketones is 1. The molecule has 1 aromatic heterocycles. The minimum atomic E-state index is -0.296. The Labute approximate surface area is 169 Å². The third-order valence-electron chi connectivity index (χ3n) is 5.09. The Morgan fingerprint density at radius 3 is 2.96 bits per heavy atom. The van der Waals surface area contributed by atoms with E-state index in [1.807, 2.05) is 35.9 Å². The number of anilines is 1. The zero-order valence-corrected chi connectivity index (χ0v) is 17.2. The van der Waals surface area contributed by atoms with E-state index < -0.39 is 0 Å². The third kappa shape index (κ3) is 3.55. The number of Topliss-reactive ketones (excluding diaryl/α,β-unsaturated/α-hetero) is 1. The molecule has 28 heavy (non-hydrogen) atoms. The summed E-state index contributed by atoms with van der Waals surface area (Å²) in [5, 5.41) is 8.91. The quantitative estimate of drug-likeness (QED) is 0.543. The van der Waals surface area contributed by atoms with Crippen molar-refractivity contribution >= 4 is 23.5 Å². The van der Waals surface area contributed by atoms with Gasteiger partial charge in [0.1, 0.15) is 11.8 Å². The Morgan fingerprint density at radius 1 is 1.29 bits per heavy atom. The van der Waals surface area contributed by atoms with Gasteiger partial charge in [-0.2, -0.15) is 4.98 Å². The van der Waals surface area contributed by atoms with Crippen LogP contribution < -0.4 is 10.1 Å². The number of carbonyl (C=O) groups is 1. The van der Waals surface area contributed by atoms with Gasteiger partial charge in [0.05, 0.1) is 6.61 Å². The fourth-order valence-corrected chi connectivity index (χ4v) is 4.70. The number of aromatic nitrogens is 3. The lowest BCUT2D eigenvalue weighted by atomic mass is 9.85. The summed E-state index contributed by atoms with van der Waals surface area (Å²) in [5.74, 6) is 2.69. The molecule has 1 N–H and O–H groups in total. The number of unbranched alkanes of at least 4 members (excludes halogenated alkanes) is 1. The molecule has 0 spiro atoms. The highest BCUT2D eigenvalue weighted by atomic mass is 32.2. The second kappa shape index (κ2) is 8.39. The van der Waals surface area contributed by atoms with Crippen molar-refractivity contribution in [1.29, 1.82) is 0 Å². The predicted molar refractivity (Wildman–Crippen MR) is 111 cm³/mol. The van der Waals surface area contributed by atoms with Gasteiger partial charge in [0.25, 0.3) is 0 Å². The molecule has 6 nitrogen and oxygen atoms in total. The largest absolute Gasteiger partial charge is 0.494 e. The highest BCUT2D eigenvalue weighted by molar-refractivity contribution is 7.99. The van der Waals surface area contributed by atoms with E-state index in [9.17, 15) is 4.79 Å². The van der Waals surface area contributed by atoms with Crippen LogP contribution in [0.25, 0.3) is 0 Å². The van der Waals surface area contributed by atoms with Crippen LogP contribution in [0.5, 0.6) is 5.75 Å². The molecule has 0 saturated carbocycles. The van der Waals surface area contributed by atoms with Gasteiger partial charge in [-0.3, -0.25) is 4.79 Å². The fraction of sp³-hybridized carbons (Fsp3) is 0.476. The minimum Gasteiger partial charge on any atom is -0.494 e. The molecule has 1 atom stereocenters. The number of carbonyl (C=O) groups excluding carboxylic acids is 1. The van der Waals surface area contributed by atoms with E-state index in [1.165, 1.54) is 0 Å². The van der Waals surface area contributed by atoms with Gasteiger partial charge in [0.15, 0.2) is 5.78 Å². The Bertz CT molecular complexity index is 906. The molecule has 2 aromatic rings. The molecule has 4 rings (SSSR count). The first-order valence-electron chi connectivity index (χ1n) is 10.1. The number of nitrogens with zero attached hydrogens (tertiary/aromatic N) is 3. The number of allylic oxidation sites excluding steroid dienone is 2. The maximum atomic E-state index is 12.9. The van der Waals surface area contributed by atoms with Crippen LogP contribution in [0, 0.1) is 0 Å². The number of rotatable bonds is 7. The molecule has 1 aliphatic carbocycles. The SMILES string of the molecule is CCCCSc1nc2n(n1)[C@@H](c1ccccc1OCC)C1=C(CCCC1=O)N2. The van der Waals surface area contributed by atoms with Crippen molar-refractivity contribution in [1.82, 2.24) is 14.8 Å². The monoisotopic (exact) mass is 398 g/mol. The lowest BCUT2D eigenvalue weighted by molar-refractivity contribution is -0.116. The number of fused-ring (bicyclic) bond motifs is 1. The smallest absolute Gasteiger partial charge is 0.227 e. The number of hydrogen-bond acceptors (Lipinski definition) is 6. The molecule has 7 heteroatoms. The van der Waals surface area contributed by atoms with Crippen LogP contribution in [0.2, 0.25) is 0 Å². The zero-order valence-electron chi connectivity index (χ0n) is 16.4. The minimum absolute atomic E-state index is 0.186. The van der Waals surface area contributed by atoms with E-state index in [-0.39, 0.29) is 11.8 Å². The lowest BCUT2D eigenvalue weighted by Crippen LogP contribution is -2.31. The molecule has 2 aliphatic rings. The number of thioether (sulfide) groups is 1. The van der Waals surface area contributed by atoms with Gasteiger partial charge in [-0.05, 0) is 32.3 Å². The Balaban J connectivity index is 1.80. The van der Waals surface area contributed by atoms with E-state index in [4.69, 9.17) is 14.8 Å². The molecule has 0 radical (unpaired) electrons. The molecular weight excluding hydrogens is 372 g/mol. The van der Waals surface area contributed by atoms with Crippen LogP contribution in [0.3, 0.4) is 0 Å². The van der Waals surface area contributed by atoms with Gasteiger partial charge in [0.2, 0.25) is 11.1 Å². The Morgan fingerprint density at radius 2 is 2.14 bits per heavy atom. The normalized spacial score (nSPS) is 18.5. The summed E-state index contributed by atoms with van der Waals surface area (Å²) in [5.41, 5.74) is 2.75. The van der Waals surface area contributed by atoms with Gasteiger partial charge < -0.3 is 10.1 Å². The van der Waals surface area contributed by atoms with E-state index >= 15 is 0 Å². The number of para-hydroxylation sites is 1. The number of nitrogens with one attached hydrogen (secondary N) is 1. The molecular formula is C21H26N4O2S. The van der Waals surface area contributed by atoms with Crippen LogP contribution >= 0.6 is 11.8 Å². The Hall–Kier alpha value is -2.28. The molecule has 1 aliphatic heterocycles. The van der Waals surface area contributed by atoms with Gasteiger partial charge in [-0.15, -0.1) is 5.10 Å². The van der Waals surface area contributed by atoms with Gasteiger partial charge in [-0.1, -0.05) is 43.3 Å². The van der Waals surface area contributed by atoms with Gasteiger partial charge in [-0.25, -0.2) is 4.68 Å². The molecule has 0 unspecified atom stereocenters.